The number of carbonyl (C=O) groups excluding carboxylic acids is 2. The number of benzene rings is 1. The number of hydrogen-bond acceptors (Lipinski definition) is 6. The molecule has 0 aliphatic carbocycles. The number of aliphatic carboxylic acids is 1. The van der Waals surface area contributed by atoms with Gasteiger partial charge in [-0.15, -0.1) is 0 Å². The molecule has 34 heavy (non-hydrogen) atoms. The Bertz CT molecular complexity index is 926. The van der Waals surface area contributed by atoms with Crippen molar-refractivity contribution in [1.82, 2.24) is 0 Å². The second-order valence-corrected chi connectivity index (χ2v) is 10.2. The third-order valence-corrected chi connectivity index (χ3v) is 7.80. The van der Waals surface area contributed by atoms with Crippen molar-refractivity contribution in [3.63, 3.8) is 0 Å². The van der Waals surface area contributed by atoms with Gasteiger partial charge in [-0.1, -0.05) is 0 Å². The molecule has 0 atom stereocenters. The maximum atomic E-state index is 13.2. The van der Waals surface area contributed by atoms with Crippen LogP contribution >= 0.6 is 67.8 Å². The van der Waals surface area contributed by atoms with Gasteiger partial charge < -0.3 is 29.5 Å². The Morgan fingerprint density at radius 2 is 1.47 bits per heavy atom. The molecule has 0 bridgehead atoms. The summed E-state index contributed by atoms with van der Waals surface area (Å²) in [5.74, 6) is -2.84. The van der Waals surface area contributed by atoms with Gasteiger partial charge in [0.25, 0.3) is 0 Å². The van der Waals surface area contributed by atoms with Crippen molar-refractivity contribution in [1.29, 1.82) is 0 Å². The van der Waals surface area contributed by atoms with E-state index in [2.05, 4.69) is 0 Å². The fraction of sp³-hybridized carbons (Fsp3) is 0.524. The Balaban J connectivity index is 3.51. The van der Waals surface area contributed by atoms with E-state index in [1.807, 2.05) is 74.7 Å². The van der Waals surface area contributed by atoms with Crippen LogP contribution in [-0.2, 0) is 23.9 Å². The standard InChI is InChI=1S/C21H27I3N2O8/c1-4-33-10-11-34-9-8-26(13(28)6-5-7-14(29)30)20-17(23)15(21(31)32)16(22)19(18(20)24)25(3)12(2)27/h4-11H2,1-3H3,(H,29,30)(H,31,32). The first-order valence-electron chi connectivity index (χ1n) is 10.3. The number of ether oxygens (including phenoxy) is 2. The Kier molecular flexibility index (Phi) is 14.1. The number of carboxylic acids is 2. The van der Waals surface area contributed by atoms with Crippen LogP contribution in [0.1, 0.15) is 43.5 Å². The molecule has 10 nitrogen and oxygen atoms in total. The Morgan fingerprint density at radius 3 is 2.00 bits per heavy atom. The van der Waals surface area contributed by atoms with Crippen LogP contribution in [0.4, 0.5) is 11.4 Å². The van der Waals surface area contributed by atoms with E-state index < -0.39 is 11.9 Å². The molecule has 0 spiro atoms. The minimum Gasteiger partial charge on any atom is -0.481 e. The summed E-state index contributed by atoms with van der Waals surface area (Å²) in [6.45, 7) is 4.80. The van der Waals surface area contributed by atoms with Crippen LogP contribution in [0.15, 0.2) is 0 Å². The summed E-state index contributed by atoms with van der Waals surface area (Å²) in [7, 11) is 1.54. The zero-order valence-electron chi connectivity index (χ0n) is 19.0. The molecule has 13 heteroatoms. The highest BCUT2D eigenvalue weighted by Gasteiger charge is 2.31. The van der Waals surface area contributed by atoms with E-state index in [-0.39, 0.29) is 49.8 Å². The van der Waals surface area contributed by atoms with Gasteiger partial charge in [0.1, 0.15) is 0 Å². The van der Waals surface area contributed by atoms with Gasteiger partial charge in [-0.2, -0.15) is 0 Å². The Hall–Kier alpha value is -0.790. The van der Waals surface area contributed by atoms with Crippen molar-refractivity contribution in [3.05, 3.63) is 16.3 Å². The lowest BCUT2D eigenvalue weighted by Gasteiger charge is -2.30. The zero-order valence-corrected chi connectivity index (χ0v) is 25.5. The van der Waals surface area contributed by atoms with Crippen molar-refractivity contribution in [2.24, 2.45) is 0 Å². The van der Waals surface area contributed by atoms with Crippen LogP contribution in [0.3, 0.4) is 0 Å². The lowest BCUT2D eigenvalue weighted by atomic mass is 10.1. The maximum absolute atomic E-state index is 13.2. The van der Waals surface area contributed by atoms with Gasteiger partial charge in [-0.25, -0.2) is 4.79 Å². The van der Waals surface area contributed by atoms with E-state index in [1.165, 1.54) is 16.7 Å². The van der Waals surface area contributed by atoms with E-state index in [9.17, 15) is 24.3 Å². The molecule has 1 rings (SSSR count). The minimum absolute atomic E-state index is 0.0136. The normalized spacial score (nSPS) is 10.8. The highest BCUT2D eigenvalue weighted by atomic mass is 127. The predicted octanol–water partition coefficient (Wildman–Crippen LogP) is 3.82. The average molecular weight is 816 g/mol. The van der Waals surface area contributed by atoms with Gasteiger partial charge in [-0.05, 0) is 81.1 Å². The summed E-state index contributed by atoms with van der Waals surface area (Å²) >= 11 is 5.81. The van der Waals surface area contributed by atoms with Gasteiger partial charge in [0, 0.05) is 40.0 Å². The Labute approximate surface area is 239 Å². The van der Waals surface area contributed by atoms with Crippen molar-refractivity contribution in [2.75, 3.05) is 49.8 Å². The highest BCUT2D eigenvalue weighted by molar-refractivity contribution is 14.1. The van der Waals surface area contributed by atoms with Crippen LogP contribution in [0.2, 0.25) is 0 Å². The second-order valence-electron chi connectivity index (χ2n) is 7.00. The lowest BCUT2D eigenvalue weighted by molar-refractivity contribution is -0.137. The topological polar surface area (TPSA) is 134 Å². The van der Waals surface area contributed by atoms with E-state index in [0.29, 0.717) is 41.9 Å². The van der Waals surface area contributed by atoms with Crippen molar-refractivity contribution >= 4 is 103 Å². The summed E-state index contributed by atoms with van der Waals surface area (Å²) in [6.07, 6.45) is -0.0624. The van der Waals surface area contributed by atoms with E-state index in [4.69, 9.17) is 14.6 Å². The largest absolute Gasteiger partial charge is 0.481 e. The van der Waals surface area contributed by atoms with Crippen LogP contribution in [0, 0.1) is 10.7 Å². The van der Waals surface area contributed by atoms with Crippen LogP contribution < -0.4 is 9.80 Å². The molecule has 0 aliphatic rings. The van der Waals surface area contributed by atoms with Crippen LogP contribution in [0.5, 0.6) is 0 Å². The number of hydrogen-bond donors (Lipinski definition) is 2. The first kappa shape index (κ1) is 31.2. The third-order valence-electron chi connectivity index (χ3n) is 4.68. The lowest BCUT2D eigenvalue weighted by Crippen LogP contribution is -2.37. The van der Waals surface area contributed by atoms with Crippen LogP contribution in [-0.4, -0.2) is 74.0 Å². The summed E-state index contributed by atoms with van der Waals surface area (Å²) in [5, 5.41) is 18.8. The molecule has 190 valence electrons. The van der Waals surface area contributed by atoms with E-state index in [0.717, 1.165) is 0 Å². The molecule has 1 aromatic carbocycles. The highest BCUT2D eigenvalue weighted by Crippen LogP contribution is 2.42. The molecule has 0 fully saturated rings. The molecule has 0 aliphatic heterocycles. The van der Waals surface area contributed by atoms with Gasteiger partial charge >= 0.3 is 11.9 Å². The van der Waals surface area contributed by atoms with Crippen molar-refractivity contribution in [3.8, 4) is 0 Å². The Morgan fingerprint density at radius 1 is 0.882 bits per heavy atom. The molecule has 2 amide bonds. The summed E-state index contributed by atoms with van der Waals surface area (Å²) in [6, 6.07) is 0. The molecule has 0 saturated heterocycles. The zero-order chi connectivity index (χ0) is 26.0. The van der Waals surface area contributed by atoms with Gasteiger partial charge in [0.15, 0.2) is 0 Å². The number of nitrogens with zero attached hydrogens (tertiary/aromatic N) is 2. The average Bonchev–Trinajstić information content (AvgIpc) is 2.73. The number of rotatable bonds is 14. The number of carboxylic acid groups (broad SMARTS) is 2. The van der Waals surface area contributed by atoms with Gasteiger partial charge in [0.2, 0.25) is 11.8 Å². The molecule has 0 unspecified atom stereocenters. The van der Waals surface area contributed by atoms with Crippen molar-refractivity contribution < 1.29 is 38.9 Å². The molecule has 0 radical (unpaired) electrons. The molecular formula is C21H27I3N2O8. The fourth-order valence-corrected chi connectivity index (χ4v) is 7.86. The maximum Gasteiger partial charge on any atom is 0.338 e. The molecule has 0 heterocycles. The molecule has 2 N–H and O–H groups in total. The van der Waals surface area contributed by atoms with Gasteiger partial charge in [-0.3, -0.25) is 14.4 Å². The fourth-order valence-electron chi connectivity index (χ4n) is 2.92. The second kappa shape index (κ2) is 15.4. The minimum atomic E-state index is -1.18. The summed E-state index contributed by atoms with van der Waals surface area (Å²) < 4.78 is 12.1. The number of carbonyl (C=O) groups is 4. The summed E-state index contributed by atoms with van der Waals surface area (Å²) in [4.78, 5) is 51.1. The van der Waals surface area contributed by atoms with E-state index >= 15 is 0 Å². The van der Waals surface area contributed by atoms with Crippen LogP contribution in [0.25, 0.3) is 0 Å². The first-order valence-corrected chi connectivity index (χ1v) is 13.5. The molecule has 0 aromatic heterocycles. The molecule has 1 aromatic rings. The van der Waals surface area contributed by atoms with Gasteiger partial charge in [0.05, 0.1) is 47.5 Å². The van der Waals surface area contributed by atoms with E-state index in [1.54, 1.807) is 7.05 Å². The number of halogens is 3. The quantitative estimate of drug-likeness (QED) is 0.214. The number of anilines is 2. The molecular weight excluding hydrogens is 789 g/mol. The number of amides is 2. The molecule has 0 saturated carbocycles. The van der Waals surface area contributed by atoms with Crippen molar-refractivity contribution in [2.45, 2.75) is 33.1 Å². The first-order chi connectivity index (χ1) is 15.9. The SMILES string of the molecule is CCOCCOCCN(C(=O)CCCC(=O)O)c1c(I)c(C(=O)O)c(I)c(N(C)C(C)=O)c1I. The smallest absolute Gasteiger partial charge is 0.338 e. The summed E-state index contributed by atoms with van der Waals surface area (Å²) in [5.41, 5.74) is 0.735. The third kappa shape index (κ3) is 8.70. The monoisotopic (exact) mass is 816 g/mol. The predicted molar refractivity (Wildman–Crippen MR) is 152 cm³/mol. The number of aromatic carboxylic acids is 1.